The van der Waals surface area contributed by atoms with Gasteiger partial charge in [-0.15, -0.1) is 0 Å². The van der Waals surface area contributed by atoms with Gasteiger partial charge in [0.15, 0.2) is 14.5 Å². The van der Waals surface area contributed by atoms with Gasteiger partial charge in [-0.2, -0.15) is 0 Å². The fraction of sp³-hybridized carbons (Fsp3) is 0.437. The van der Waals surface area contributed by atoms with Crippen molar-refractivity contribution in [2.45, 2.75) is 189 Å². The first-order valence-corrected chi connectivity index (χ1v) is 37.1. The Morgan fingerprint density at radius 1 is 0.431 bits per heavy atom. The molecular weight excluding hydrogens is 1440 g/mol. The summed E-state index contributed by atoms with van der Waals surface area (Å²) in [4.78, 5) is 84.1. The van der Waals surface area contributed by atoms with Gasteiger partial charge in [0.25, 0.3) is 0 Å². The molecule has 5 aromatic rings. The molecule has 31 heteroatoms. The van der Waals surface area contributed by atoms with Gasteiger partial charge in [0, 0.05) is 29.9 Å². The van der Waals surface area contributed by atoms with Crippen molar-refractivity contribution < 1.29 is 72.1 Å². The number of hydrogen-bond acceptors (Lipinski definition) is 15. The number of anilines is 5. The van der Waals surface area contributed by atoms with Crippen LogP contribution >= 0.6 is 58.0 Å². The lowest BCUT2D eigenvalue weighted by molar-refractivity contribution is 0.0392. The third-order valence-corrected chi connectivity index (χ3v) is 20.8. The normalized spacial score (nSPS) is 22.7. The molecule has 10 rings (SSSR count). The second-order valence-corrected chi connectivity index (χ2v) is 31.7. The van der Waals surface area contributed by atoms with E-state index in [9.17, 15) is 39.3 Å². The summed E-state index contributed by atoms with van der Waals surface area (Å²) in [5.41, 5.74) is 7.90. The number of aliphatic hydroxyl groups excluding tert-OH is 3. The van der Waals surface area contributed by atoms with E-state index in [1.165, 1.54) is 26.7 Å². The predicted molar refractivity (Wildman–Crippen MR) is 395 cm³/mol. The summed E-state index contributed by atoms with van der Waals surface area (Å²) in [6.45, 7) is 64.2. The summed E-state index contributed by atoms with van der Waals surface area (Å²) in [5.74, 6) is 0. The number of carbonyl (C=O) groups excluding carboxylic acids is 5. The van der Waals surface area contributed by atoms with Crippen molar-refractivity contribution in [1.29, 1.82) is 0 Å². The average molecular weight is 1520 g/mol. The van der Waals surface area contributed by atoms with Crippen LogP contribution in [0.1, 0.15) is 83.2 Å². The maximum atomic E-state index is 12.4. The van der Waals surface area contributed by atoms with Gasteiger partial charge in [-0.05, 0) is 168 Å². The van der Waals surface area contributed by atoms with Crippen LogP contribution < -0.4 is 24.5 Å². The third kappa shape index (κ3) is 17.4. The molecule has 0 spiro atoms. The van der Waals surface area contributed by atoms with Crippen molar-refractivity contribution in [2.24, 2.45) is 0 Å². The molecule has 0 aromatic heterocycles. The molecule has 5 saturated heterocycles. The van der Waals surface area contributed by atoms with Gasteiger partial charge in [0.1, 0.15) is 54.7 Å². The number of cyclic esters (lactones) is 5. The molecule has 0 radical (unpaired) electrons. The van der Waals surface area contributed by atoms with E-state index in [1.807, 2.05) is 20.8 Å². The van der Waals surface area contributed by atoms with Crippen LogP contribution in [-0.2, 0) is 32.8 Å². The van der Waals surface area contributed by atoms with E-state index in [-0.39, 0.29) is 31.0 Å². The van der Waals surface area contributed by atoms with Gasteiger partial charge in [-0.3, -0.25) is 19.6 Å². The molecule has 1 unspecified atom stereocenters. The summed E-state index contributed by atoms with van der Waals surface area (Å²) in [7, 11) is -0.254. The van der Waals surface area contributed by atoms with Gasteiger partial charge in [-0.1, -0.05) is 88.3 Å². The Bertz CT molecular complexity index is 4050. The molecular formula is C71H79Cl5N10O15Si. The Labute approximate surface area is 619 Å². The quantitative estimate of drug-likeness (QED) is 0.0597. The van der Waals surface area contributed by atoms with Crippen molar-refractivity contribution in [3.8, 4) is 0 Å². The predicted octanol–water partition coefficient (Wildman–Crippen LogP) is 18.2. The molecule has 5 aliphatic heterocycles. The minimum absolute atomic E-state index is 0.170. The summed E-state index contributed by atoms with van der Waals surface area (Å²) >= 11 is 30.8. The standard InChI is InChI=1S/C17H23ClN2O3Si.2C14H15ClN2O3.2C13H13ClN2O3/c1-10-14(9-8-13(19-4)15(10)18)20-16(11(2)22-17(20)21)12(3)23-24(5,6)7;2*1-7-11(6-5-10(16-4)12(7)15)17-13(8(2)18)9(3)20-14(17)19;1-7-10(6-5-9(15-3)11(7)14)16-12(18-4)8(2)19-13(16)17;1-7-10(5-4-9(15-3)12(7)14)16-11(6-17)8(2)19-13(16)18/h8-9,11-12,16H,1-3,5-7H3;2*5-6,8-9,13,18H,1-3H3;5-6,8,12H,1-2,4H3;4-5,8,11,17H,6H2,1-2H3/t11-,12?,16+;8-,9+,13+;8-,9-,13-;8-,12-;8-,11-/m01000/s1. The highest BCUT2D eigenvalue weighted by Crippen LogP contribution is 2.44. The second kappa shape index (κ2) is 34.6. The Balaban J connectivity index is 0.000000201. The number of amides is 5. The van der Waals surface area contributed by atoms with E-state index in [0.717, 1.165) is 0 Å². The van der Waals surface area contributed by atoms with Crippen molar-refractivity contribution in [3.63, 3.8) is 0 Å². The highest BCUT2D eigenvalue weighted by atomic mass is 35.5. The fourth-order valence-electron chi connectivity index (χ4n) is 12.4. The molecule has 5 fully saturated rings. The number of halogens is 5. The number of benzene rings is 5. The monoisotopic (exact) mass is 1510 g/mol. The maximum Gasteiger partial charge on any atom is 0.417 e. The molecule has 0 bridgehead atoms. The van der Waals surface area contributed by atoms with Crippen LogP contribution in [0.3, 0.4) is 0 Å². The summed E-state index contributed by atoms with van der Waals surface area (Å²) in [6.07, 6.45) is -6.46. The van der Waals surface area contributed by atoms with Gasteiger partial charge < -0.3 is 48.2 Å². The molecule has 5 amide bonds. The third-order valence-electron chi connectivity index (χ3n) is 17.3. The van der Waals surface area contributed by atoms with Gasteiger partial charge in [-0.25, -0.2) is 53.1 Å². The first-order chi connectivity index (χ1) is 47.8. The smallest absolute Gasteiger partial charge is 0.417 e. The Hall–Kier alpha value is -8.63. The van der Waals surface area contributed by atoms with Crippen LogP contribution in [-0.4, -0.2) is 147 Å². The molecule has 5 aromatic carbocycles. The van der Waals surface area contributed by atoms with Crippen molar-refractivity contribution in [1.82, 2.24) is 0 Å². The molecule has 3 N–H and O–H groups in total. The summed E-state index contributed by atoms with van der Waals surface area (Å²) in [5, 5.41) is 30.8. The fourth-order valence-corrected chi connectivity index (χ4v) is 14.6. The van der Waals surface area contributed by atoms with Crippen molar-refractivity contribution in [3.05, 3.63) is 171 Å². The maximum absolute atomic E-state index is 12.4. The van der Waals surface area contributed by atoms with Crippen LogP contribution in [0, 0.1) is 67.5 Å². The Morgan fingerprint density at radius 2 is 0.676 bits per heavy atom. The van der Waals surface area contributed by atoms with E-state index in [1.54, 1.807) is 135 Å². The summed E-state index contributed by atoms with van der Waals surface area (Å²) in [6, 6.07) is 14.7. The lowest BCUT2D eigenvalue weighted by Crippen LogP contribution is -2.48. The lowest BCUT2D eigenvalue weighted by Gasteiger charge is -2.33. The Kier molecular flexibility index (Phi) is 27.9. The zero-order chi connectivity index (χ0) is 76.6. The number of nitrogens with zero attached hydrogens (tertiary/aromatic N) is 10. The number of rotatable bonds is 12. The van der Waals surface area contributed by atoms with Gasteiger partial charge in [0.2, 0.25) is 28.4 Å². The largest absolute Gasteiger partial charge is 0.444 e. The van der Waals surface area contributed by atoms with Crippen LogP contribution in [0.15, 0.2) is 60.7 Å². The number of hydrogen-bond donors (Lipinski definition) is 3. The van der Waals surface area contributed by atoms with Crippen LogP contribution in [0.25, 0.3) is 24.2 Å². The summed E-state index contributed by atoms with van der Waals surface area (Å²) < 4.78 is 37.5. The van der Waals surface area contributed by atoms with Crippen LogP contribution in [0.5, 0.6) is 0 Å². The van der Waals surface area contributed by atoms with Crippen molar-refractivity contribution >= 4 is 154 Å². The van der Waals surface area contributed by atoms with E-state index in [2.05, 4.69) is 43.9 Å². The van der Waals surface area contributed by atoms with E-state index in [4.69, 9.17) is 124 Å². The van der Waals surface area contributed by atoms with E-state index >= 15 is 0 Å². The van der Waals surface area contributed by atoms with E-state index < -0.39 is 93.7 Å². The highest BCUT2D eigenvalue weighted by molar-refractivity contribution is 6.69. The number of aliphatic hydroxyl groups is 3. The minimum Gasteiger partial charge on any atom is -0.444 e. The number of methoxy groups -OCH3 is 1. The highest BCUT2D eigenvalue weighted by Gasteiger charge is 2.48. The molecule has 542 valence electrons. The number of ether oxygens (including phenoxy) is 6. The van der Waals surface area contributed by atoms with Gasteiger partial charge in [0.05, 0.1) is 88.6 Å². The zero-order valence-electron chi connectivity index (χ0n) is 59.1. The minimum atomic E-state index is -1.77. The molecule has 0 saturated carbocycles. The second-order valence-electron chi connectivity index (χ2n) is 25.3. The van der Waals surface area contributed by atoms with Crippen molar-refractivity contribution in [2.75, 3.05) is 38.2 Å². The Morgan fingerprint density at radius 3 is 0.951 bits per heavy atom. The first kappa shape index (κ1) is 82.3. The van der Waals surface area contributed by atoms with Crippen LogP contribution in [0.4, 0.5) is 80.8 Å². The molecule has 25 nitrogen and oxygen atoms in total. The van der Waals surface area contributed by atoms with Gasteiger partial charge >= 0.3 is 30.5 Å². The SMILES string of the molecule is [C-]#[N+]c1ccc(N2C(=O)O[C@@H](C)[C@@H]2C(C)O[Si](C)(C)C)c(C)c1Cl.[C-]#[N+]c1ccc(N2C(=O)O[C@@H](C)[C@@H]2CO)c(C)c1Cl.[C-]#[N+]c1ccc(N2C(=O)O[C@@H](C)[C@@H]2OC)c(C)c1Cl.[C-]#[N+]c1ccc(N2C(=O)O[C@@H](C)[C@@H]2[C@@H](C)O)c(C)c1Cl.[C-]#[N+]c1ccc(N2C(=O)O[C@@H](C)[C@@H]2[C@H](C)O)c(C)c1Cl. The van der Waals surface area contributed by atoms with E-state index in [0.29, 0.717) is 110 Å². The molecule has 5 aliphatic rings. The number of carbonyl (C=O) groups is 5. The lowest BCUT2D eigenvalue weighted by atomic mass is 10.0. The molecule has 5 heterocycles. The average Bonchev–Trinajstić information content (AvgIpc) is 1.62. The molecule has 13 atom stereocenters. The van der Waals surface area contributed by atoms with Crippen LogP contribution in [0.2, 0.25) is 44.8 Å². The first-order valence-electron chi connectivity index (χ1n) is 31.8. The molecule has 102 heavy (non-hydrogen) atoms. The molecule has 0 aliphatic carbocycles. The topological polar surface area (TPSA) is 249 Å². The zero-order valence-corrected chi connectivity index (χ0v) is 63.9.